The molecule has 7 nitrogen and oxygen atoms in total. The van der Waals surface area contributed by atoms with Crippen LogP contribution < -0.4 is 5.32 Å². The summed E-state index contributed by atoms with van der Waals surface area (Å²) in [6.45, 7) is 1.90. The lowest BCUT2D eigenvalue weighted by Gasteiger charge is -2.36. The Bertz CT molecular complexity index is 756. The molecule has 0 saturated heterocycles. The summed E-state index contributed by atoms with van der Waals surface area (Å²) in [4.78, 5) is 48.3. The predicted octanol–water partition coefficient (Wildman–Crippen LogP) is 3.13. The van der Waals surface area contributed by atoms with Crippen LogP contribution in [-0.2, 0) is 23.9 Å². The van der Waals surface area contributed by atoms with Gasteiger partial charge in [-0.2, -0.15) is 0 Å². The fourth-order valence-corrected chi connectivity index (χ4v) is 4.09. The van der Waals surface area contributed by atoms with Crippen molar-refractivity contribution in [3.8, 4) is 0 Å². The first kappa shape index (κ1) is 21.0. The largest absolute Gasteiger partial charge is 0.462 e. The summed E-state index contributed by atoms with van der Waals surface area (Å²) >= 11 is 0. The Kier molecular flexibility index (Phi) is 7.01. The number of esters is 2. The number of amides is 1. The molecule has 1 aromatic rings. The first-order valence-corrected chi connectivity index (χ1v) is 10.2. The Morgan fingerprint density at radius 1 is 1.03 bits per heavy atom. The molecule has 1 N–H and O–H groups in total. The number of anilines is 1. The van der Waals surface area contributed by atoms with Crippen molar-refractivity contribution in [2.45, 2.75) is 45.4 Å². The van der Waals surface area contributed by atoms with E-state index >= 15 is 0 Å². The van der Waals surface area contributed by atoms with Crippen LogP contribution in [0.5, 0.6) is 0 Å². The molecule has 2 saturated carbocycles. The van der Waals surface area contributed by atoms with Crippen LogP contribution in [0.15, 0.2) is 24.3 Å². The van der Waals surface area contributed by atoms with Crippen LogP contribution in [0.25, 0.3) is 0 Å². The lowest BCUT2D eigenvalue weighted by Crippen LogP contribution is -2.40. The fraction of sp³-hybridized carbons (Fsp3) is 0.545. The summed E-state index contributed by atoms with van der Waals surface area (Å²) in [6, 6.07) is 6.32. The molecule has 2 aliphatic rings. The van der Waals surface area contributed by atoms with E-state index < -0.39 is 17.8 Å². The molecule has 1 aromatic carbocycles. The topological polar surface area (TPSA) is 98.8 Å². The highest BCUT2D eigenvalue weighted by Crippen LogP contribution is 2.40. The predicted molar refractivity (Wildman–Crippen MR) is 105 cm³/mol. The Hall–Kier alpha value is -2.70. The van der Waals surface area contributed by atoms with E-state index in [1.165, 1.54) is 0 Å². The van der Waals surface area contributed by atoms with Gasteiger partial charge in [-0.1, -0.05) is 13.3 Å². The van der Waals surface area contributed by atoms with Gasteiger partial charge < -0.3 is 14.8 Å². The van der Waals surface area contributed by atoms with E-state index in [0.29, 0.717) is 36.5 Å². The van der Waals surface area contributed by atoms with Crippen molar-refractivity contribution in [3.63, 3.8) is 0 Å². The molecule has 0 aromatic heterocycles. The second-order valence-electron chi connectivity index (χ2n) is 7.76. The summed E-state index contributed by atoms with van der Waals surface area (Å²) in [6.07, 6.45) is 4.55. The molecule has 2 bridgehead atoms. The molecular formula is C22H27NO6. The molecule has 2 aliphatic carbocycles. The number of nitrogens with one attached hydrogen (secondary N) is 1. The number of ether oxygens (including phenoxy) is 2. The average molecular weight is 401 g/mol. The van der Waals surface area contributed by atoms with E-state index in [1.807, 2.05) is 6.92 Å². The maximum atomic E-state index is 12.3. The molecule has 1 amide bonds. The number of hydrogen-bond donors (Lipinski definition) is 1. The lowest BCUT2D eigenvalue weighted by atomic mass is 9.67. The maximum Gasteiger partial charge on any atom is 0.338 e. The van der Waals surface area contributed by atoms with Gasteiger partial charge in [0.1, 0.15) is 5.78 Å². The van der Waals surface area contributed by atoms with Gasteiger partial charge in [0.25, 0.3) is 5.91 Å². The smallest absolute Gasteiger partial charge is 0.338 e. The molecule has 0 aliphatic heterocycles. The minimum Gasteiger partial charge on any atom is -0.462 e. The Labute approximate surface area is 170 Å². The second-order valence-corrected chi connectivity index (χ2v) is 7.76. The van der Waals surface area contributed by atoms with Crippen molar-refractivity contribution in [2.24, 2.45) is 17.8 Å². The van der Waals surface area contributed by atoms with Gasteiger partial charge >= 0.3 is 11.9 Å². The monoisotopic (exact) mass is 401 g/mol. The summed E-state index contributed by atoms with van der Waals surface area (Å²) in [5.41, 5.74) is 0.899. The van der Waals surface area contributed by atoms with Crippen molar-refractivity contribution in [1.29, 1.82) is 0 Å². The molecule has 156 valence electrons. The standard InChI is InChI=1S/C22H27NO6/c1-2-10-28-21(26)14-6-8-18(9-7-14)23-19(24)13-29-22(27)17-11-15-4-3-5-16(12-17)20(15)25/h6-9,15-17H,2-5,10-13H2,1H3,(H,23,24)/t15-,16-/m1/s1. The summed E-state index contributed by atoms with van der Waals surface area (Å²) < 4.78 is 10.2. The summed E-state index contributed by atoms with van der Waals surface area (Å²) in [5.74, 6) is -1.34. The third-order valence-electron chi connectivity index (χ3n) is 5.57. The first-order valence-electron chi connectivity index (χ1n) is 10.2. The molecule has 2 atom stereocenters. The second kappa shape index (κ2) is 9.67. The molecule has 0 unspecified atom stereocenters. The zero-order chi connectivity index (χ0) is 20.8. The third kappa shape index (κ3) is 5.43. The van der Waals surface area contributed by atoms with Gasteiger partial charge in [0.2, 0.25) is 0 Å². The van der Waals surface area contributed by atoms with E-state index in [1.54, 1.807) is 24.3 Å². The number of fused-ring (bicyclic) bond motifs is 2. The van der Waals surface area contributed by atoms with Gasteiger partial charge in [-0.15, -0.1) is 0 Å². The normalized spacial score (nSPS) is 23.2. The number of Topliss-reactive ketones (excluding diaryl/α,β-unsaturated/α-hetero) is 1. The number of ketones is 1. The van der Waals surface area contributed by atoms with Crippen LogP contribution in [0.1, 0.15) is 55.8 Å². The Morgan fingerprint density at radius 3 is 2.31 bits per heavy atom. The summed E-state index contributed by atoms with van der Waals surface area (Å²) in [7, 11) is 0. The van der Waals surface area contributed by atoms with Crippen LogP contribution in [0.3, 0.4) is 0 Å². The van der Waals surface area contributed by atoms with Crippen LogP contribution in [0.4, 0.5) is 5.69 Å². The van der Waals surface area contributed by atoms with E-state index in [-0.39, 0.29) is 24.4 Å². The highest BCUT2D eigenvalue weighted by atomic mass is 16.5. The van der Waals surface area contributed by atoms with Gasteiger partial charge in [0.05, 0.1) is 18.1 Å². The van der Waals surface area contributed by atoms with Crippen molar-refractivity contribution in [1.82, 2.24) is 0 Å². The summed E-state index contributed by atoms with van der Waals surface area (Å²) in [5, 5.41) is 2.63. The zero-order valence-corrected chi connectivity index (χ0v) is 16.6. The molecule has 2 fully saturated rings. The van der Waals surface area contributed by atoms with Gasteiger partial charge in [-0.3, -0.25) is 14.4 Å². The van der Waals surface area contributed by atoms with Gasteiger partial charge in [0, 0.05) is 17.5 Å². The average Bonchev–Trinajstić information content (AvgIpc) is 2.70. The molecule has 0 radical (unpaired) electrons. The number of rotatable bonds is 7. The minimum atomic E-state index is -0.452. The number of benzene rings is 1. The van der Waals surface area contributed by atoms with Crippen molar-refractivity contribution < 1.29 is 28.7 Å². The van der Waals surface area contributed by atoms with E-state index in [2.05, 4.69) is 5.32 Å². The SMILES string of the molecule is CCCOC(=O)c1ccc(NC(=O)COC(=O)C2C[C@H]3CCC[C@H](C2)C3=O)cc1. The number of hydrogen-bond acceptors (Lipinski definition) is 6. The Balaban J connectivity index is 1.44. The fourth-order valence-electron chi connectivity index (χ4n) is 4.09. The van der Waals surface area contributed by atoms with Crippen molar-refractivity contribution in [3.05, 3.63) is 29.8 Å². The number of carbonyl (C=O) groups is 4. The lowest BCUT2D eigenvalue weighted by molar-refractivity contribution is -0.155. The molecular weight excluding hydrogens is 374 g/mol. The molecule has 7 heteroatoms. The highest BCUT2D eigenvalue weighted by Gasteiger charge is 2.41. The highest BCUT2D eigenvalue weighted by molar-refractivity contribution is 5.94. The molecule has 29 heavy (non-hydrogen) atoms. The quantitative estimate of drug-likeness (QED) is 0.705. The minimum absolute atomic E-state index is 0.0311. The van der Waals surface area contributed by atoms with Crippen LogP contribution in [0, 0.1) is 17.8 Å². The van der Waals surface area contributed by atoms with E-state index in [9.17, 15) is 19.2 Å². The van der Waals surface area contributed by atoms with Crippen molar-refractivity contribution >= 4 is 29.3 Å². The van der Waals surface area contributed by atoms with Crippen LogP contribution in [0.2, 0.25) is 0 Å². The van der Waals surface area contributed by atoms with Gasteiger partial charge in [-0.25, -0.2) is 4.79 Å². The first-order chi connectivity index (χ1) is 14.0. The number of carbonyl (C=O) groups excluding carboxylic acids is 4. The van der Waals surface area contributed by atoms with Crippen LogP contribution in [-0.4, -0.2) is 36.8 Å². The van der Waals surface area contributed by atoms with E-state index in [4.69, 9.17) is 9.47 Å². The van der Waals surface area contributed by atoms with Crippen LogP contribution >= 0.6 is 0 Å². The molecule has 3 rings (SSSR count). The van der Waals surface area contributed by atoms with E-state index in [0.717, 1.165) is 25.7 Å². The molecule has 0 heterocycles. The van der Waals surface area contributed by atoms with Crippen molar-refractivity contribution in [2.75, 3.05) is 18.5 Å². The zero-order valence-electron chi connectivity index (χ0n) is 16.6. The van der Waals surface area contributed by atoms with Gasteiger partial charge in [0.15, 0.2) is 6.61 Å². The third-order valence-corrected chi connectivity index (χ3v) is 5.57. The molecule has 0 spiro atoms. The Morgan fingerprint density at radius 2 is 1.69 bits per heavy atom. The van der Waals surface area contributed by atoms with Gasteiger partial charge in [-0.05, 0) is 56.4 Å². The maximum absolute atomic E-state index is 12.3.